The second-order valence-corrected chi connectivity index (χ2v) is 3.90. The van der Waals surface area contributed by atoms with E-state index >= 15 is 0 Å². The van der Waals surface area contributed by atoms with Gasteiger partial charge in [0.2, 0.25) is 0 Å². The predicted octanol–water partition coefficient (Wildman–Crippen LogP) is 2.27. The fourth-order valence-corrected chi connectivity index (χ4v) is 1.58. The van der Waals surface area contributed by atoms with E-state index < -0.39 is 7.32 Å². The van der Waals surface area contributed by atoms with Crippen LogP contribution in [0.25, 0.3) is 0 Å². The molecule has 1 N–H and O–H groups in total. The summed E-state index contributed by atoms with van der Waals surface area (Å²) in [5.74, 6) is 1.31. The van der Waals surface area contributed by atoms with Gasteiger partial charge in [-0.15, -0.1) is 0 Å². The lowest BCUT2D eigenvalue weighted by molar-refractivity contribution is 0.184. The Kier molecular flexibility index (Phi) is 4.83. The van der Waals surface area contributed by atoms with Crippen LogP contribution in [0.3, 0.4) is 0 Å². The quantitative estimate of drug-likeness (QED) is 0.807. The number of benzene rings is 2. The Hall–Kier alpha value is -1.98. The minimum Gasteiger partial charge on any atom is -0.512 e. The average molecular weight is 258 g/mol. The van der Waals surface area contributed by atoms with Crippen LogP contribution in [-0.2, 0) is 11.3 Å². The molecule has 98 valence electrons. The number of hydrogen-bond donors (Lipinski definition) is 1. The Balaban J connectivity index is 1.84. The fourth-order valence-electron chi connectivity index (χ4n) is 1.58. The highest BCUT2D eigenvalue weighted by Crippen LogP contribution is 2.14. The molecule has 2 rings (SSSR count). The third-order valence-corrected chi connectivity index (χ3v) is 2.51. The summed E-state index contributed by atoms with van der Waals surface area (Å²) in [5.41, 5.74) is 0.898. The van der Waals surface area contributed by atoms with Crippen LogP contribution in [0.4, 0.5) is 0 Å². The van der Waals surface area contributed by atoms with E-state index in [1.165, 1.54) is 0 Å². The number of para-hydroxylation sites is 1. The van der Waals surface area contributed by atoms with Crippen LogP contribution in [0.5, 0.6) is 11.5 Å². The first-order valence-corrected chi connectivity index (χ1v) is 5.92. The monoisotopic (exact) mass is 258 g/mol. The lowest BCUT2D eigenvalue weighted by Crippen LogP contribution is -2.25. The van der Waals surface area contributed by atoms with Crippen molar-refractivity contribution in [2.45, 2.75) is 6.61 Å². The first kappa shape index (κ1) is 13.5. The maximum Gasteiger partial charge on any atom is 0.710 e. The molecule has 0 unspecified atom stereocenters. The predicted molar refractivity (Wildman–Crippen MR) is 72.8 cm³/mol. The molecule has 0 aliphatic carbocycles. The molecular formula is C14H15BO4. The third-order valence-electron chi connectivity index (χ3n) is 2.51. The van der Waals surface area contributed by atoms with Crippen LogP contribution in [0.15, 0.2) is 54.6 Å². The number of rotatable bonds is 6. The van der Waals surface area contributed by atoms with Gasteiger partial charge in [-0.25, -0.2) is 0 Å². The molecule has 0 radical (unpaired) electrons. The Morgan fingerprint density at radius 3 is 2.47 bits per heavy atom. The molecule has 0 atom stereocenters. The zero-order valence-corrected chi connectivity index (χ0v) is 10.7. The molecule has 2 aromatic carbocycles. The molecule has 0 saturated carbocycles. The first-order chi connectivity index (χ1) is 9.28. The molecule has 4 nitrogen and oxygen atoms in total. The summed E-state index contributed by atoms with van der Waals surface area (Å²) in [6.07, 6.45) is 0. The summed E-state index contributed by atoms with van der Waals surface area (Å²) in [6.45, 7) is 0.241. The minimum absolute atomic E-state index is 0.241. The molecule has 2 aromatic rings. The van der Waals surface area contributed by atoms with Crippen molar-refractivity contribution in [1.29, 1.82) is 0 Å². The maximum absolute atomic E-state index is 9.61. The standard InChI is InChI=1S/C14H15BO4/c1-17-14-9-5-6-12(10-14)11-18-15(16)19-13-7-3-2-4-8-13/h2-10,16H,11H2,1H3. The summed E-state index contributed by atoms with van der Waals surface area (Å²) in [4.78, 5) is 0. The van der Waals surface area contributed by atoms with E-state index in [0.717, 1.165) is 11.3 Å². The van der Waals surface area contributed by atoms with E-state index in [-0.39, 0.29) is 6.61 Å². The summed E-state index contributed by atoms with van der Waals surface area (Å²) in [7, 11) is 0.307. The SMILES string of the molecule is COc1cccc(COB(O)Oc2ccccc2)c1. The van der Waals surface area contributed by atoms with Gasteiger partial charge in [-0.05, 0) is 29.8 Å². The Morgan fingerprint density at radius 1 is 1.00 bits per heavy atom. The van der Waals surface area contributed by atoms with Crippen molar-refractivity contribution in [3.8, 4) is 11.5 Å². The van der Waals surface area contributed by atoms with Gasteiger partial charge in [-0.2, -0.15) is 0 Å². The summed E-state index contributed by atoms with van der Waals surface area (Å²) < 4.78 is 15.5. The van der Waals surface area contributed by atoms with Crippen molar-refractivity contribution in [1.82, 2.24) is 0 Å². The molecule has 0 aromatic heterocycles. The molecule has 0 amide bonds. The minimum atomic E-state index is -1.30. The Labute approximate surface area is 112 Å². The highest BCUT2D eigenvalue weighted by Gasteiger charge is 2.18. The Morgan fingerprint density at radius 2 is 1.74 bits per heavy atom. The third kappa shape index (κ3) is 4.32. The van der Waals surface area contributed by atoms with Crippen molar-refractivity contribution in [2.75, 3.05) is 7.11 Å². The van der Waals surface area contributed by atoms with Crippen molar-refractivity contribution in [3.05, 3.63) is 60.2 Å². The van der Waals surface area contributed by atoms with Crippen LogP contribution in [-0.4, -0.2) is 19.5 Å². The van der Waals surface area contributed by atoms with Crippen molar-refractivity contribution >= 4 is 7.32 Å². The van der Waals surface area contributed by atoms with E-state index in [9.17, 15) is 5.02 Å². The second kappa shape index (κ2) is 6.82. The molecule has 0 aliphatic heterocycles. The topological polar surface area (TPSA) is 47.9 Å². The van der Waals surface area contributed by atoms with E-state index in [0.29, 0.717) is 5.75 Å². The van der Waals surface area contributed by atoms with Gasteiger partial charge in [-0.3, -0.25) is 0 Å². The van der Waals surface area contributed by atoms with Crippen molar-refractivity contribution < 1.29 is 19.1 Å². The highest BCUT2D eigenvalue weighted by atomic mass is 16.7. The van der Waals surface area contributed by atoms with Gasteiger partial charge in [0, 0.05) is 0 Å². The van der Waals surface area contributed by atoms with Gasteiger partial charge >= 0.3 is 7.32 Å². The van der Waals surface area contributed by atoms with Crippen LogP contribution in [0.1, 0.15) is 5.56 Å². The summed E-state index contributed by atoms with van der Waals surface area (Å²) in [5, 5.41) is 9.61. The van der Waals surface area contributed by atoms with Crippen LogP contribution < -0.4 is 9.39 Å². The number of methoxy groups -OCH3 is 1. The van der Waals surface area contributed by atoms with Crippen molar-refractivity contribution in [2.24, 2.45) is 0 Å². The molecule has 0 fully saturated rings. The van der Waals surface area contributed by atoms with E-state index in [2.05, 4.69) is 0 Å². The normalized spacial score (nSPS) is 10.0. The van der Waals surface area contributed by atoms with Gasteiger partial charge < -0.3 is 19.1 Å². The van der Waals surface area contributed by atoms with E-state index in [4.69, 9.17) is 14.0 Å². The average Bonchev–Trinajstić information content (AvgIpc) is 2.46. The molecule has 0 heterocycles. The highest BCUT2D eigenvalue weighted by molar-refractivity contribution is 6.35. The van der Waals surface area contributed by atoms with Gasteiger partial charge in [0.25, 0.3) is 0 Å². The lowest BCUT2D eigenvalue weighted by atomic mass is 10.2. The maximum atomic E-state index is 9.61. The van der Waals surface area contributed by atoms with Crippen LogP contribution in [0, 0.1) is 0 Å². The second-order valence-electron chi connectivity index (χ2n) is 3.90. The van der Waals surface area contributed by atoms with Gasteiger partial charge in [0.05, 0.1) is 13.7 Å². The van der Waals surface area contributed by atoms with Gasteiger partial charge in [-0.1, -0.05) is 30.3 Å². The largest absolute Gasteiger partial charge is 0.710 e. The van der Waals surface area contributed by atoms with Gasteiger partial charge in [0.15, 0.2) is 0 Å². The summed E-state index contributed by atoms with van der Waals surface area (Å²) >= 11 is 0. The molecule has 5 heteroatoms. The number of ether oxygens (including phenoxy) is 1. The molecule has 0 saturated heterocycles. The van der Waals surface area contributed by atoms with Crippen LogP contribution >= 0.6 is 0 Å². The molecule has 0 spiro atoms. The lowest BCUT2D eigenvalue weighted by Gasteiger charge is -2.10. The fraction of sp³-hybridized carbons (Fsp3) is 0.143. The zero-order valence-electron chi connectivity index (χ0n) is 10.7. The van der Waals surface area contributed by atoms with Gasteiger partial charge in [0.1, 0.15) is 11.5 Å². The Bertz CT molecular complexity index is 504. The zero-order chi connectivity index (χ0) is 13.5. The van der Waals surface area contributed by atoms with E-state index in [1.54, 1.807) is 19.2 Å². The molecule has 19 heavy (non-hydrogen) atoms. The summed E-state index contributed by atoms with van der Waals surface area (Å²) in [6, 6.07) is 16.5. The molecular weight excluding hydrogens is 243 g/mol. The first-order valence-electron chi connectivity index (χ1n) is 5.92. The molecule has 0 bridgehead atoms. The smallest absolute Gasteiger partial charge is 0.512 e. The molecule has 0 aliphatic rings. The van der Waals surface area contributed by atoms with Crippen molar-refractivity contribution in [3.63, 3.8) is 0 Å². The van der Waals surface area contributed by atoms with E-state index in [1.807, 2.05) is 42.5 Å². The van der Waals surface area contributed by atoms with Crippen LogP contribution in [0.2, 0.25) is 0 Å². The number of hydrogen-bond acceptors (Lipinski definition) is 4.